The highest BCUT2D eigenvalue weighted by Crippen LogP contribution is 2.34. The van der Waals surface area contributed by atoms with Crippen molar-refractivity contribution in [2.75, 3.05) is 18.0 Å². The Balaban J connectivity index is 1.13. The van der Waals surface area contributed by atoms with Crippen LogP contribution in [-0.2, 0) is 22.7 Å². The number of primary amides is 1. The van der Waals surface area contributed by atoms with Crippen LogP contribution >= 0.6 is 0 Å². The Hall–Kier alpha value is -3.86. The number of benzene rings is 1. The lowest BCUT2D eigenvalue weighted by Crippen LogP contribution is -2.53. The number of hydrogen-bond donors (Lipinski definition) is 2. The van der Waals surface area contributed by atoms with Gasteiger partial charge in [-0.15, -0.1) is 10.2 Å². The van der Waals surface area contributed by atoms with E-state index in [2.05, 4.69) is 31.4 Å². The van der Waals surface area contributed by atoms with Crippen LogP contribution in [0.25, 0.3) is 0 Å². The SMILES string of the molecule is NC(=O)c1ccc(N2CC3CCC(C2)N3Cc2ccc3c(c2)CN(C2CCC(=O)NC2=O)C3=O)nn1. The number of piperazine rings is 1. The van der Waals surface area contributed by atoms with Crippen molar-refractivity contribution in [2.45, 2.75) is 56.9 Å². The number of aromatic nitrogens is 2. The van der Waals surface area contributed by atoms with Crippen molar-refractivity contribution in [1.29, 1.82) is 0 Å². The first-order valence-corrected chi connectivity index (χ1v) is 12.3. The van der Waals surface area contributed by atoms with E-state index in [1.165, 1.54) is 0 Å². The van der Waals surface area contributed by atoms with Crippen molar-refractivity contribution in [3.05, 3.63) is 52.7 Å². The van der Waals surface area contributed by atoms with Gasteiger partial charge in [0.2, 0.25) is 11.8 Å². The molecule has 5 heterocycles. The normalized spacial score (nSPS) is 25.8. The van der Waals surface area contributed by atoms with E-state index in [9.17, 15) is 19.2 Å². The van der Waals surface area contributed by atoms with Gasteiger partial charge in [-0.05, 0) is 48.6 Å². The fraction of sp³-hybridized carbons (Fsp3) is 0.440. The zero-order valence-electron chi connectivity index (χ0n) is 19.7. The molecular formula is C25H27N7O4. The Morgan fingerprint density at radius 2 is 1.81 bits per heavy atom. The molecule has 4 amide bonds. The van der Waals surface area contributed by atoms with E-state index in [0.717, 1.165) is 49.4 Å². The maximum absolute atomic E-state index is 13.0. The zero-order valence-corrected chi connectivity index (χ0v) is 19.7. The van der Waals surface area contributed by atoms with E-state index in [-0.39, 0.29) is 23.9 Å². The highest BCUT2D eigenvalue weighted by molar-refractivity contribution is 6.05. The number of amides is 4. The second-order valence-corrected chi connectivity index (χ2v) is 9.99. The standard InChI is InChI=1S/C25H27N7O4/c26-23(34)19-5-7-21(29-28-19)30-12-16-2-3-17(13-30)31(16)10-14-1-4-18-15(9-14)11-32(25(18)36)20-6-8-22(33)27-24(20)35/h1,4-5,7,9,16-17,20H,2-3,6,8,10-13H2,(H2,26,34)(H,27,33,35). The van der Waals surface area contributed by atoms with Gasteiger partial charge < -0.3 is 15.5 Å². The van der Waals surface area contributed by atoms with E-state index < -0.39 is 17.9 Å². The molecule has 0 aliphatic carbocycles. The summed E-state index contributed by atoms with van der Waals surface area (Å²) < 4.78 is 0. The van der Waals surface area contributed by atoms with Gasteiger partial charge in [0.1, 0.15) is 6.04 Å². The van der Waals surface area contributed by atoms with E-state index in [1.54, 1.807) is 17.0 Å². The van der Waals surface area contributed by atoms with Gasteiger partial charge in [0.05, 0.1) is 0 Å². The molecule has 2 bridgehead atoms. The first-order chi connectivity index (χ1) is 17.4. The number of nitrogens with zero attached hydrogens (tertiary/aromatic N) is 5. The van der Waals surface area contributed by atoms with Gasteiger partial charge in [0, 0.05) is 50.2 Å². The molecule has 11 nitrogen and oxygen atoms in total. The van der Waals surface area contributed by atoms with Gasteiger partial charge >= 0.3 is 0 Å². The molecule has 11 heteroatoms. The molecule has 0 saturated carbocycles. The molecule has 36 heavy (non-hydrogen) atoms. The number of carbonyl (C=O) groups is 4. The molecular weight excluding hydrogens is 462 g/mol. The monoisotopic (exact) mass is 489 g/mol. The van der Waals surface area contributed by atoms with Crippen LogP contribution in [-0.4, -0.2) is 74.8 Å². The van der Waals surface area contributed by atoms with E-state index in [0.29, 0.717) is 30.6 Å². The topological polar surface area (TPSA) is 142 Å². The number of fused-ring (bicyclic) bond motifs is 3. The van der Waals surface area contributed by atoms with Crippen molar-refractivity contribution in [3.8, 4) is 0 Å². The lowest BCUT2D eigenvalue weighted by molar-refractivity contribution is -0.136. The van der Waals surface area contributed by atoms with Crippen molar-refractivity contribution < 1.29 is 19.2 Å². The Morgan fingerprint density at radius 3 is 2.47 bits per heavy atom. The van der Waals surface area contributed by atoms with Crippen LogP contribution in [0.1, 0.15) is 57.7 Å². The van der Waals surface area contributed by atoms with E-state index >= 15 is 0 Å². The molecule has 3 atom stereocenters. The summed E-state index contributed by atoms with van der Waals surface area (Å²) in [5.74, 6) is -0.664. The number of carbonyl (C=O) groups excluding carboxylic acids is 4. The van der Waals surface area contributed by atoms with Crippen LogP contribution < -0.4 is 16.0 Å². The van der Waals surface area contributed by atoms with Crippen LogP contribution in [0.4, 0.5) is 5.82 Å². The summed E-state index contributed by atoms with van der Waals surface area (Å²) >= 11 is 0. The minimum absolute atomic E-state index is 0.150. The first kappa shape index (κ1) is 22.6. The third-order valence-electron chi connectivity index (χ3n) is 7.81. The Kier molecular flexibility index (Phi) is 5.44. The van der Waals surface area contributed by atoms with E-state index in [4.69, 9.17) is 5.73 Å². The summed E-state index contributed by atoms with van der Waals surface area (Å²) in [6.45, 7) is 2.83. The van der Waals surface area contributed by atoms with Gasteiger partial charge in [-0.2, -0.15) is 0 Å². The van der Waals surface area contributed by atoms with Crippen molar-refractivity contribution >= 4 is 29.4 Å². The Labute approximate surface area is 207 Å². The minimum atomic E-state index is -0.602. The van der Waals surface area contributed by atoms with Gasteiger partial charge in [0.25, 0.3) is 11.8 Å². The third-order valence-corrected chi connectivity index (χ3v) is 7.81. The second-order valence-electron chi connectivity index (χ2n) is 9.99. The maximum Gasteiger partial charge on any atom is 0.269 e. The molecule has 3 unspecified atom stereocenters. The molecule has 3 fully saturated rings. The number of nitrogens with two attached hydrogens (primary N) is 1. The molecule has 4 aliphatic rings. The van der Waals surface area contributed by atoms with E-state index in [1.807, 2.05) is 12.1 Å². The van der Waals surface area contributed by atoms with Crippen LogP contribution in [0.2, 0.25) is 0 Å². The number of piperidine rings is 1. The highest BCUT2D eigenvalue weighted by Gasteiger charge is 2.41. The zero-order chi connectivity index (χ0) is 25.0. The van der Waals surface area contributed by atoms with Crippen molar-refractivity contribution in [1.82, 2.24) is 25.3 Å². The molecule has 1 aromatic heterocycles. The Morgan fingerprint density at radius 1 is 1.03 bits per heavy atom. The molecule has 2 aromatic rings. The van der Waals surface area contributed by atoms with Crippen LogP contribution in [0.3, 0.4) is 0 Å². The molecule has 4 aliphatic heterocycles. The summed E-state index contributed by atoms with van der Waals surface area (Å²) in [6, 6.07) is 9.51. The Bertz CT molecular complexity index is 1250. The molecule has 6 rings (SSSR count). The van der Waals surface area contributed by atoms with Crippen LogP contribution in [0.5, 0.6) is 0 Å². The predicted octanol–water partition coefficient (Wildman–Crippen LogP) is 0.190. The van der Waals surface area contributed by atoms with Gasteiger partial charge in [-0.25, -0.2) is 0 Å². The second kappa shape index (κ2) is 8.66. The molecule has 3 N–H and O–H groups in total. The molecule has 186 valence electrons. The molecule has 0 spiro atoms. The van der Waals surface area contributed by atoms with Crippen LogP contribution in [0.15, 0.2) is 30.3 Å². The number of anilines is 1. The fourth-order valence-corrected chi connectivity index (χ4v) is 6.00. The lowest BCUT2D eigenvalue weighted by atomic mass is 10.0. The number of rotatable bonds is 5. The van der Waals surface area contributed by atoms with Crippen molar-refractivity contribution in [2.24, 2.45) is 5.73 Å². The summed E-state index contributed by atoms with van der Waals surface area (Å²) in [6.07, 6.45) is 2.80. The van der Waals surface area contributed by atoms with Crippen molar-refractivity contribution in [3.63, 3.8) is 0 Å². The first-order valence-electron chi connectivity index (χ1n) is 12.3. The average Bonchev–Trinajstić information content (AvgIpc) is 3.29. The quantitative estimate of drug-likeness (QED) is 0.567. The summed E-state index contributed by atoms with van der Waals surface area (Å²) in [7, 11) is 0. The molecule has 0 radical (unpaired) electrons. The van der Waals surface area contributed by atoms with Crippen LogP contribution in [0, 0.1) is 0 Å². The fourth-order valence-electron chi connectivity index (χ4n) is 6.00. The number of nitrogens with one attached hydrogen (secondary N) is 1. The summed E-state index contributed by atoms with van der Waals surface area (Å²) in [5, 5.41) is 10.5. The molecule has 3 saturated heterocycles. The molecule has 1 aromatic carbocycles. The smallest absolute Gasteiger partial charge is 0.269 e. The predicted molar refractivity (Wildman–Crippen MR) is 128 cm³/mol. The third kappa shape index (κ3) is 3.89. The maximum atomic E-state index is 13.0. The highest BCUT2D eigenvalue weighted by atomic mass is 16.2. The summed E-state index contributed by atoms with van der Waals surface area (Å²) in [4.78, 5) is 54.4. The lowest BCUT2D eigenvalue weighted by Gasteiger charge is -2.41. The number of imide groups is 1. The largest absolute Gasteiger partial charge is 0.364 e. The number of hydrogen-bond acceptors (Lipinski definition) is 8. The van der Waals surface area contributed by atoms with Gasteiger partial charge in [-0.1, -0.05) is 12.1 Å². The van der Waals surface area contributed by atoms with Gasteiger partial charge in [0.15, 0.2) is 11.5 Å². The minimum Gasteiger partial charge on any atom is -0.364 e. The average molecular weight is 490 g/mol. The van der Waals surface area contributed by atoms with Gasteiger partial charge in [-0.3, -0.25) is 29.4 Å². The summed E-state index contributed by atoms with van der Waals surface area (Å²) in [5.41, 5.74) is 8.14.